The van der Waals surface area contributed by atoms with E-state index in [1.165, 1.54) is 18.9 Å². The molecule has 1 amide bonds. The summed E-state index contributed by atoms with van der Waals surface area (Å²) >= 11 is 0. The van der Waals surface area contributed by atoms with Gasteiger partial charge in [-0.2, -0.15) is 0 Å². The number of amides is 1. The smallest absolute Gasteiger partial charge is 0.258 e. The maximum atomic E-state index is 11.4. The van der Waals surface area contributed by atoms with Gasteiger partial charge in [0.05, 0.1) is 0 Å². The van der Waals surface area contributed by atoms with Crippen molar-refractivity contribution in [2.24, 2.45) is 0 Å². The fourth-order valence-corrected chi connectivity index (χ4v) is 1.39. The fourth-order valence-electron chi connectivity index (χ4n) is 1.39. The minimum atomic E-state index is -0.120. The Morgan fingerprint density at radius 1 is 1.24 bits per heavy atom. The Morgan fingerprint density at radius 2 is 2.00 bits per heavy atom. The Labute approximate surface area is 103 Å². The van der Waals surface area contributed by atoms with Gasteiger partial charge in [-0.15, -0.1) is 0 Å². The van der Waals surface area contributed by atoms with Crippen LogP contribution in [0.4, 0.5) is 0 Å². The molecule has 0 heterocycles. The lowest BCUT2D eigenvalue weighted by molar-refractivity contribution is -0.117. The number of carbonyl (C=O) groups is 1. The number of carbonyl (C=O) groups excluding carboxylic acids is 1. The van der Waals surface area contributed by atoms with Crippen molar-refractivity contribution >= 4 is 12.0 Å². The number of hydrogen-bond donors (Lipinski definition) is 2. The SMILES string of the molecule is CCCCCNNC(=O)C=Cc1ccccc1. The molecule has 1 aromatic rings. The van der Waals surface area contributed by atoms with Crippen molar-refractivity contribution < 1.29 is 4.79 Å². The third-order valence-electron chi connectivity index (χ3n) is 2.34. The molecular formula is C14H20N2O. The second kappa shape index (κ2) is 8.53. The molecule has 0 spiro atoms. The first-order chi connectivity index (χ1) is 8.33. The van der Waals surface area contributed by atoms with Gasteiger partial charge in [-0.1, -0.05) is 50.1 Å². The van der Waals surface area contributed by atoms with E-state index in [0.29, 0.717) is 0 Å². The zero-order chi connectivity index (χ0) is 12.3. The van der Waals surface area contributed by atoms with Crippen LogP contribution < -0.4 is 10.9 Å². The van der Waals surface area contributed by atoms with Crippen LogP contribution in [0, 0.1) is 0 Å². The Bertz CT molecular complexity index is 346. The highest BCUT2D eigenvalue weighted by Crippen LogP contribution is 2.00. The first kappa shape index (κ1) is 13.5. The molecular weight excluding hydrogens is 212 g/mol. The van der Waals surface area contributed by atoms with Gasteiger partial charge in [0, 0.05) is 12.6 Å². The second-order valence-corrected chi connectivity index (χ2v) is 3.87. The highest BCUT2D eigenvalue weighted by molar-refractivity contribution is 5.91. The molecule has 17 heavy (non-hydrogen) atoms. The molecule has 92 valence electrons. The molecule has 0 aliphatic rings. The molecule has 0 saturated carbocycles. The highest BCUT2D eigenvalue weighted by Gasteiger charge is 1.93. The number of rotatable bonds is 7. The number of nitrogens with one attached hydrogen (secondary N) is 2. The Kier molecular flexibility index (Phi) is 6.75. The van der Waals surface area contributed by atoms with Crippen molar-refractivity contribution in [3.8, 4) is 0 Å². The van der Waals surface area contributed by atoms with Gasteiger partial charge in [-0.25, -0.2) is 5.43 Å². The van der Waals surface area contributed by atoms with Gasteiger partial charge >= 0.3 is 0 Å². The van der Waals surface area contributed by atoms with Crippen LogP contribution in [-0.4, -0.2) is 12.5 Å². The quantitative estimate of drug-likeness (QED) is 0.431. The summed E-state index contributed by atoms with van der Waals surface area (Å²) < 4.78 is 0. The van der Waals surface area contributed by atoms with E-state index in [1.54, 1.807) is 6.08 Å². The van der Waals surface area contributed by atoms with Crippen molar-refractivity contribution in [2.45, 2.75) is 26.2 Å². The van der Waals surface area contributed by atoms with Gasteiger partial charge in [-0.05, 0) is 18.1 Å². The molecule has 2 N–H and O–H groups in total. The monoisotopic (exact) mass is 232 g/mol. The van der Waals surface area contributed by atoms with Crippen LogP contribution in [0.15, 0.2) is 36.4 Å². The number of hydrazine groups is 1. The predicted octanol–water partition coefficient (Wildman–Crippen LogP) is 2.51. The summed E-state index contributed by atoms with van der Waals surface area (Å²) in [6.45, 7) is 2.97. The molecule has 0 fully saturated rings. The average Bonchev–Trinajstić information content (AvgIpc) is 2.37. The summed E-state index contributed by atoms with van der Waals surface area (Å²) in [6, 6.07) is 9.75. The van der Waals surface area contributed by atoms with Crippen molar-refractivity contribution in [3.05, 3.63) is 42.0 Å². The van der Waals surface area contributed by atoms with Crippen LogP contribution in [0.2, 0.25) is 0 Å². The van der Waals surface area contributed by atoms with Crippen molar-refractivity contribution in [3.63, 3.8) is 0 Å². The first-order valence-corrected chi connectivity index (χ1v) is 6.09. The van der Waals surface area contributed by atoms with Gasteiger partial charge in [0.1, 0.15) is 0 Å². The number of benzene rings is 1. The molecule has 0 unspecified atom stereocenters. The maximum Gasteiger partial charge on any atom is 0.258 e. The molecule has 0 atom stereocenters. The van der Waals surface area contributed by atoms with E-state index >= 15 is 0 Å². The maximum absolute atomic E-state index is 11.4. The van der Waals surface area contributed by atoms with E-state index in [2.05, 4.69) is 17.8 Å². The van der Waals surface area contributed by atoms with Gasteiger partial charge < -0.3 is 0 Å². The molecule has 0 radical (unpaired) electrons. The molecule has 3 heteroatoms. The molecule has 0 saturated heterocycles. The normalized spacial score (nSPS) is 10.6. The molecule has 1 aromatic carbocycles. The van der Waals surface area contributed by atoms with Gasteiger partial charge in [0.15, 0.2) is 0 Å². The van der Waals surface area contributed by atoms with Crippen LogP contribution in [0.5, 0.6) is 0 Å². The van der Waals surface area contributed by atoms with Crippen molar-refractivity contribution in [1.29, 1.82) is 0 Å². The largest absolute Gasteiger partial charge is 0.288 e. The first-order valence-electron chi connectivity index (χ1n) is 6.09. The van der Waals surface area contributed by atoms with Crippen LogP contribution in [0.1, 0.15) is 31.7 Å². The van der Waals surface area contributed by atoms with Crippen LogP contribution in [0.3, 0.4) is 0 Å². The van der Waals surface area contributed by atoms with E-state index in [-0.39, 0.29) is 5.91 Å². The summed E-state index contributed by atoms with van der Waals surface area (Å²) in [6.07, 6.45) is 6.77. The van der Waals surface area contributed by atoms with E-state index in [9.17, 15) is 4.79 Å². The number of unbranched alkanes of at least 4 members (excludes halogenated alkanes) is 2. The van der Waals surface area contributed by atoms with Gasteiger partial charge in [0.25, 0.3) is 5.91 Å². The fraction of sp³-hybridized carbons (Fsp3) is 0.357. The topological polar surface area (TPSA) is 41.1 Å². The molecule has 0 aromatic heterocycles. The lowest BCUT2D eigenvalue weighted by Gasteiger charge is -2.03. The van der Waals surface area contributed by atoms with Gasteiger partial charge in [-0.3, -0.25) is 10.2 Å². The average molecular weight is 232 g/mol. The molecule has 0 bridgehead atoms. The third-order valence-corrected chi connectivity index (χ3v) is 2.34. The van der Waals surface area contributed by atoms with E-state index in [4.69, 9.17) is 0 Å². The van der Waals surface area contributed by atoms with Crippen LogP contribution in [-0.2, 0) is 4.79 Å². The van der Waals surface area contributed by atoms with E-state index < -0.39 is 0 Å². The Morgan fingerprint density at radius 3 is 2.71 bits per heavy atom. The van der Waals surface area contributed by atoms with E-state index in [1.807, 2.05) is 30.3 Å². The minimum absolute atomic E-state index is 0.120. The lowest BCUT2D eigenvalue weighted by Crippen LogP contribution is -2.36. The summed E-state index contributed by atoms with van der Waals surface area (Å²) in [5.41, 5.74) is 6.56. The highest BCUT2D eigenvalue weighted by atomic mass is 16.2. The molecule has 0 aliphatic carbocycles. The Hall–Kier alpha value is -1.61. The zero-order valence-corrected chi connectivity index (χ0v) is 10.3. The third kappa shape index (κ3) is 6.53. The standard InChI is InChI=1S/C14H20N2O/c1-2-3-7-12-15-16-14(17)11-10-13-8-5-4-6-9-13/h4-6,8-11,15H,2-3,7,12H2,1H3,(H,16,17). The van der Waals surface area contributed by atoms with Crippen LogP contribution in [0.25, 0.3) is 6.08 Å². The Balaban J connectivity index is 2.19. The zero-order valence-electron chi connectivity index (χ0n) is 10.3. The molecule has 3 nitrogen and oxygen atoms in total. The summed E-state index contributed by atoms with van der Waals surface area (Å²) in [7, 11) is 0. The lowest BCUT2D eigenvalue weighted by atomic mass is 10.2. The van der Waals surface area contributed by atoms with Crippen molar-refractivity contribution in [1.82, 2.24) is 10.9 Å². The predicted molar refractivity (Wildman–Crippen MR) is 71.1 cm³/mol. The van der Waals surface area contributed by atoms with Gasteiger partial charge in [0.2, 0.25) is 0 Å². The van der Waals surface area contributed by atoms with E-state index in [0.717, 1.165) is 18.5 Å². The summed E-state index contributed by atoms with van der Waals surface area (Å²) in [5, 5.41) is 0. The minimum Gasteiger partial charge on any atom is -0.288 e. The molecule has 1 rings (SSSR count). The number of hydrogen-bond acceptors (Lipinski definition) is 2. The van der Waals surface area contributed by atoms with Crippen molar-refractivity contribution in [2.75, 3.05) is 6.54 Å². The summed E-state index contributed by atoms with van der Waals surface area (Å²) in [4.78, 5) is 11.4. The molecule has 0 aliphatic heterocycles. The summed E-state index contributed by atoms with van der Waals surface area (Å²) in [5.74, 6) is -0.120. The van der Waals surface area contributed by atoms with Crippen LogP contribution >= 0.6 is 0 Å². The second-order valence-electron chi connectivity index (χ2n) is 3.87.